The molecule has 0 saturated carbocycles. The molecule has 18 nitrogen and oxygen atoms in total. The molecule has 10 rings (SSSR count). The van der Waals surface area contributed by atoms with Crippen molar-refractivity contribution in [1.82, 2.24) is 54.4 Å². The van der Waals surface area contributed by atoms with Crippen LogP contribution in [0.4, 0.5) is 39.7 Å². The zero-order valence-electron chi connectivity index (χ0n) is 39.0. The van der Waals surface area contributed by atoms with Gasteiger partial charge in [0.2, 0.25) is 5.95 Å². The molecule has 0 saturated heterocycles. The van der Waals surface area contributed by atoms with Crippen molar-refractivity contribution >= 4 is 80.0 Å². The van der Waals surface area contributed by atoms with Crippen LogP contribution in [0.25, 0.3) is 33.1 Å². The molecule has 0 aliphatic carbocycles. The van der Waals surface area contributed by atoms with Gasteiger partial charge in [0.1, 0.15) is 17.4 Å². The maximum atomic E-state index is 15.0. The molecule has 1 aliphatic heterocycles. The summed E-state index contributed by atoms with van der Waals surface area (Å²) in [6, 6.07) is 14.9. The zero-order valence-corrected chi connectivity index (χ0v) is 41.9. The Morgan fingerprint density at radius 1 is 0.714 bits per heavy atom. The number of nitrogens with two attached hydrogens (primary N) is 3. The fourth-order valence-electron chi connectivity index (χ4n) is 8.86. The predicted octanol–water partition coefficient (Wildman–Crippen LogP) is 4.69. The van der Waals surface area contributed by atoms with Crippen molar-refractivity contribution in [1.29, 1.82) is 0 Å². The molecule has 2 aromatic carbocycles. The Balaban J connectivity index is 0.756. The molecule has 0 radical (unpaired) electrons. The maximum absolute atomic E-state index is 15.0. The number of aromatic nitrogens is 11. The normalized spacial score (nSPS) is 13.5. The van der Waals surface area contributed by atoms with Crippen molar-refractivity contribution in [2.75, 3.05) is 46.3 Å². The fraction of sp³-hybridized carbons (Fsp3) is 0.265. The van der Waals surface area contributed by atoms with Gasteiger partial charge in [0.25, 0.3) is 0 Å². The van der Waals surface area contributed by atoms with E-state index in [2.05, 4.69) is 77.0 Å². The standard InChI is InChI=1S/C49H49ClFIN17O/c1-23-15-28(20-57-48-64-41(53)36-24(2)14-27(5)59-44(36)66-48)6-9-34(23)52-19-30-17-26(4)38-42(54)63-47(67-46(38)61-30)56-11-12-69-21-31(58-22-69)18-29-16-25(3)37-43(55)65-49(68-45(37)60-29)62-35-10-13-70-40-32(50)7-8-33(51)39(35)40/h6-9,14-17,21-22,35H,10-13,18-20H2,1-5H3,(H3,53,57,59,64,66)(H3,54,56,61,63,67)(H3,55,60,62,65,68)/q-1. The summed E-state index contributed by atoms with van der Waals surface area (Å²) in [5, 5.41) is 12.4. The van der Waals surface area contributed by atoms with Crippen LogP contribution in [0.3, 0.4) is 0 Å². The molecular weight excluding hydrogens is 1020 g/mol. The Morgan fingerprint density at radius 2 is 1.36 bits per heavy atom. The van der Waals surface area contributed by atoms with Crippen molar-refractivity contribution < 1.29 is 30.3 Å². The van der Waals surface area contributed by atoms with E-state index in [1.54, 1.807) is 6.33 Å². The van der Waals surface area contributed by atoms with E-state index in [1.165, 1.54) is 21.3 Å². The molecule has 358 valence electrons. The Hall–Kier alpha value is -7.33. The first-order valence-electron chi connectivity index (χ1n) is 22.6. The van der Waals surface area contributed by atoms with Gasteiger partial charge in [0, 0.05) is 18.5 Å². The second kappa shape index (κ2) is 19.2. The van der Waals surface area contributed by atoms with Crippen LogP contribution in [-0.2, 0) is 23.9 Å². The van der Waals surface area contributed by atoms with Crippen molar-refractivity contribution in [3.8, 4) is 5.75 Å². The summed E-state index contributed by atoms with van der Waals surface area (Å²) >= 11 is 5.92. The van der Waals surface area contributed by atoms with Crippen molar-refractivity contribution in [3.63, 3.8) is 0 Å². The number of fused-ring (bicyclic) bond motifs is 4. The molecule has 1 atom stereocenters. The third kappa shape index (κ3) is 9.64. The summed E-state index contributed by atoms with van der Waals surface area (Å²) in [4.78, 5) is 46.7. The molecule has 1 aliphatic rings. The minimum atomic E-state index is -0.471. The number of rotatable bonds is 14. The molecule has 9 aromatic rings. The fourth-order valence-corrected chi connectivity index (χ4v) is 11.5. The average molecular weight is 1070 g/mol. The number of anilines is 6. The summed E-state index contributed by atoms with van der Waals surface area (Å²) < 4.78 is 24.8. The Labute approximate surface area is 417 Å². The van der Waals surface area contributed by atoms with Gasteiger partial charge in [-0.1, -0.05) is 11.6 Å². The molecule has 0 spiro atoms. The Kier molecular flexibility index (Phi) is 12.7. The number of aryl methyl sites for hydroxylation is 5. The van der Waals surface area contributed by atoms with Crippen LogP contribution in [0.15, 0.2) is 61.1 Å². The number of hydrogen-bond acceptors (Lipinski definition) is 17. The molecule has 0 fully saturated rings. The number of nitrogens with one attached hydrogen (secondary N) is 3. The summed E-state index contributed by atoms with van der Waals surface area (Å²) in [6.07, 6.45) is 4.70. The third-order valence-corrected chi connectivity index (χ3v) is 15.5. The van der Waals surface area contributed by atoms with Gasteiger partial charge in [0.05, 0.1) is 28.6 Å². The zero-order chi connectivity index (χ0) is 48.8. The summed E-state index contributed by atoms with van der Waals surface area (Å²) in [6.45, 7) is 12.1. The SMILES string of the molecule is Cc1cc(C)c2c(N)nc(NCc3ccc([I-]Cc4cc(C)c5c(N)nc(NCCn6cnc(Cc7cc(C)c8c(N)nc(NC9CCOc%10c(Cl)ccc(F)c%109)nc8n7)c6)nc5n4)c(C)c3)nc2n1. The van der Waals surface area contributed by atoms with Crippen LogP contribution in [-0.4, -0.2) is 67.6 Å². The topological polar surface area (TPSA) is 257 Å². The second-order valence-electron chi connectivity index (χ2n) is 17.4. The number of nitrogen functional groups attached to an aromatic ring is 3. The number of pyridine rings is 3. The van der Waals surface area contributed by atoms with Gasteiger partial charge in [-0.2, -0.15) is 9.97 Å². The first kappa shape index (κ1) is 46.4. The number of imidazole rings is 1. The Morgan fingerprint density at radius 3 is 2.09 bits per heavy atom. The number of hydrogen-bond donors (Lipinski definition) is 6. The predicted molar refractivity (Wildman–Crippen MR) is 266 cm³/mol. The molecule has 9 N–H and O–H groups in total. The molecule has 70 heavy (non-hydrogen) atoms. The van der Waals surface area contributed by atoms with Gasteiger partial charge in [-0.05, 0) is 30.7 Å². The van der Waals surface area contributed by atoms with Gasteiger partial charge in [-0.3, -0.25) is 0 Å². The minimum absolute atomic E-state index is 0.232. The van der Waals surface area contributed by atoms with Crippen molar-refractivity contribution in [3.05, 3.63) is 132 Å². The molecule has 21 heteroatoms. The monoisotopic (exact) mass is 1070 g/mol. The molecule has 0 amide bonds. The van der Waals surface area contributed by atoms with E-state index in [4.69, 9.17) is 53.5 Å². The van der Waals surface area contributed by atoms with E-state index in [0.717, 1.165) is 60.2 Å². The number of ether oxygens (including phenoxy) is 1. The quantitative estimate of drug-likeness (QED) is 0.0638. The summed E-state index contributed by atoms with van der Waals surface area (Å²) in [7, 11) is 0. The third-order valence-electron chi connectivity index (χ3n) is 12.0. The van der Waals surface area contributed by atoms with E-state index < -0.39 is 33.1 Å². The number of halogens is 3. The van der Waals surface area contributed by atoms with Crippen LogP contribution < -0.4 is 59.1 Å². The average Bonchev–Trinajstić information content (AvgIpc) is 3.75. The molecule has 0 bridgehead atoms. The first-order chi connectivity index (χ1) is 33.7. The van der Waals surface area contributed by atoms with Crippen LogP contribution >= 0.6 is 11.6 Å². The number of benzene rings is 2. The first-order valence-corrected chi connectivity index (χ1v) is 25.5. The van der Waals surface area contributed by atoms with E-state index in [1.807, 2.05) is 50.6 Å². The van der Waals surface area contributed by atoms with Crippen LogP contribution in [0.1, 0.15) is 68.6 Å². The van der Waals surface area contributed by atoms with E-state index in [0.29, 0.717) is 101 Å². The number of nitrogens with zero attached hydrogens (tertiary/aromatic N) is 11. The molecule has 1 unspecified atom stereocenters. The van der Waals surface area contributed by atoms with Gasteiger partial charge >= 0.3 is 266 Å². The van der Waals surface area contributed by atoms with E-state index >= 15 is 0 Å². The van der Waals surface area contributed by atoms with Crippen molar-refractivity contribution in [2.45, 2.75) is 71.0 Å². The second-order valence-corrected chi connectivity index (χ2v) is 20.4. The van der Waals surface area contributed by atoms with Crippen LogP contribution in [0.2, 0.25) is 5.02 Å². The molecule has 8 heterocycles. The molecular formula is C49H49ClFIN17O-. The number of alkyl halides is 1. The van der Waals surface area contributed by atoms with Crippen LogP contribution in [0, 0.1) is 44.0 Å². The Bertz CT molecular complexity index is 3520. The van der Waals surface area contributed by atoms with Gasteiger partial charge in [-0.25, -0.2) is 9.37 Å². The van der Waals surface area contributed by atoms with Gasteiger partial charge in [0.15, 0.2) is 5.65 Å². The van der Waals surface area contributed by atoms with Gasteiger partial charge < -0.3 is 15.8 Å². The summed E-state index contributed by atoms with van der Waals surface area (Å²) in [5.41, 5.74) is 29.8. The van der Waals surface area contributed by atoms with Gasteiger partial charge in [-0.15, -0.1) is 0 Å². The van der Waals surface area contributed by atoms with E-state index in [9.17, 15) is 4.39 Å². The van der Waals surface area contributed by atoms with Crippen molar-refractivity contribution in [2.24, 2.45) is 0 Å². The van der Waals surface area contributed by atoms with E-state index in [-0.39, 0.29) is 11.8 Å². The molecule has 7 aromatic heterocycles. The van der Waals surface area contributed by atoms with Crippen LogP contribution in [0.5, 0.6) is 5.75 Å². The summed E-state index contributed by atoms with van der Waals surface area (Å²) in [5.74, 6) is 2.04.